The first-order valence-corrected chi connectivity index (χ1v) is 11.6. The summed E-state index contributed by atoms with van der Waals surface area (Å²) in [5.41, 5.74) is 5.74. The number of sulfonamides is 1. The summed E-state index contributed by atoms with van der Waals surface area (Å²) in [6.07, 6.45) is 3.92. The fourth-order valence-corrected chi connectivity index (χ4v) is 5.72. The zero-order valence-corrected chi connectivity index (χ0v) is 17.1. The molecule has 29 heavy (non-hydrogen) atoms. The molecule has 2 aliphatic heterocycles. The van der Waals surface area contributed by atoms with E-state index in [0.717, 1.165) is 42.5 Å². The maximum absolute atomic E-state index is 12.8. The second kappa shape index (κ2) is 7.44. The second-order valence-electron chi connectivity index (χ2n) is 7.72. The minimum Gasteiger partial charge on any atom is -0.367 e. The van der Waals surface area contributed by atoms with E-state index in [1.807, 2.05) is 12.1 Å². The van der Waals surface area contributed by atoms with E-state index in [-0.39, 0.29) is 0 Å². The summed E-state index contributed by atoms with van der Waals surface area (Å²) >= 11 is 0. The third-order valence-electron chi connectivity index (χ3n) is 5.85. The Hall–Kier alpha value is -2.42. The molecule has 7 nitrogen and oxygen atoms in total. The van der Waals surface area contributed by atoms with Crippen molar-refractivity contribution in [1.82, 2.24) is 19.6 Å². The number of nitrogens with one attached hydrogen (secondary N) is 2. The van der Waals surface area contributed by atoms with Gasteiger partial charge in [-0.2, -0.15) is 4.31 Å². The van der Waals surface area contributed by atoms with Gasteiger partial charge in [-0.25, -0.2) is 13.4 Å². The smallest absolute Gasteiger partial charge is 0.243 e. The quantitative estimate of drug-likeness (QED) is 0.687. The fraction of sp³-hybridized carbons (Fsp3) is 0.381. The molecular formula is C21H25N5O2S. The molecule has 2 N–H and O–H groups in total. The average molecular weight is 412 g/mol. The molecule has 1 aromatic heterocycles. The number of hydrogen-bond donors (Lipinski definition) is 2. The van der Waals surface area contributed by atoms with E-state index in [2.05, 4.69) is 32.3 Å². The minimum atomic E-state index is -3.41. The fourth-order valence-electron chi connectivity index (χ4n) is 4.28. The highest BCUT2D eigenvalue weighted by atomic mass is 32.2. The molecule has 5 rings (SSSR count). The van der Waals surface area contributed by atoms with Gasteiger partial charge in [-0.05, 0) is 48.2 Å². The molecule has 0 aliphatic carbocycles. The first kappa shape index (κ1) is 18.6. The second-order valence-corrected chi connectivity index (χ2v) is 9.66. The van der Waals surface area contributed by atoms with Crippen LogP contribution in [-0.2, 0) is 23.0 Å². The number of rotatable bonds is 4. The molecule has 2 aromatic carbocycles. The van der Waals surface area contributed by atoms with Crippen molar-refractivity contribution >= 4 is 26.7 Å². The van der Waals surface area contributed by atoms with E-state index in [1.165, 1.54) is 11.3 Å². The predicted molar refractivity (Wildman–Crippen MR) is 114 cm³/mol. The van der Waals surface area contributed by atoms with Crippen LogP contribution in [0.1, 0.15) is 17.5 Å². The largest absolute Gasteiger partial charge is 0.367 e. The monoisotopic (exact) mass is 411 g/mol. The van der Waals surface area contributed by atoms with Crippen LogP contribution in [0.3, 0.4) is 0 Å². The van der Waals surface area contributed by atoms with Crippen molar-refractivity contribution in [3.8, 4) is 0 Å². The number of aromatic amines is 1. The zero-order chi connectivity index (χ0) is 19.8. The summed E-state index contributed by atoms with van der Waals surface area (Å²) < 4.78 is 27.2. The van der Waals surface area contributed by atoms with Crippen LogP contribution in [0, 0.1) is 0 Å². The number of imidazole rings is 1. The van der Waals surface area contributed by atoms with E-state index in [4.69, 9.17) is 0 Å². The van der Waals surface area contributed by atoms with Crippen LogP contribution in [0.15, 0.2) is 47.6 Å². The van der Waals surface area contributed by atoms with Crippen molar-refractivity contribution < 1.29 is 8.42 Å². The number of benzene rings is 2. The summed E-state index contributed by atoms with van der Waals surface area (Å²) in [4.78, 5) is 10.3. The molecule has 0 amide bonds. The van der Waals surface area contributed by atoms with Gasteiger partial charge in [0.25, 0.3) is 0 Å². The first-order chi connectivity index (χ1) is 14.1. The van der Waals surface area contributed by atoms with Gasteiger partial charge in [0.15, 0.2) is 0 Å². The highest BCUT2D eigenvalue weighted by Gasteiger charge is 2.26. The standard InChI is InChI=1S/C21H25N5O2S/c27-29(28,26-10-7-22-8-11-26)18-5-3-16(4-6-18)14-25-9-1-2-17-12-19-20(13-21(17)25)24-15-23-19/h3-6,12-13,15,22H,1-2,7-11,14H2,(H,23,24). The molecule has 0 unspecified atom stereocenters. The van der Waals surface area contributed by atoms with Gasteiger partial charge in [0.05, 0.1) is 22.3 Å². The van der Waals surface area contributed by atoms with Crippen molar-refractivity contribution in [1.29, 1.82) is 0 Å². The minimum absolute atomic E-state index is 0.375. The van der Waals surface area contributed by atoms with Gasteiger partial charge in [-0.15, -0.1) is 0 Å². The highest BCUT2D eigenvalue weighted by molar-refractivity contribution is 7.89. The molecule has 0 saturated carbocycles. The van der Waals surface area contributed by atoms with Crippen molar-refractivity contribution in [2.45, 2.75) is 24.3 Å². The molecule has 0 spiro atoms. The van der Waals surface area contributed by atoms with Crippen LogP contribution >= 0.6 is 0 Å². The van der Waals surface area contributed by atoms with Crippen LogP contribution in [0.5, 0.6) is 0 Å². The van der Waals surface area contributed by atoms with Gasteiger partial charge in [0, 0.05) is 45.0 Å². The molecule has 2 aliphatic rings. The predicted octanol–water partition coefficient (Wildman–Crippen LogP) is 2.11. The van der Waals surface area contributed by atoms with Crippen molar-refractivity contribution in [3.05, 3.63) is 53.9 Å². The molecule has 152 valence electrons. The molecule has 3 aromatic rings. The van der Waals surface area contributed by atoms with Crippen LogP contribution in [0.25, 0.3) is 11.0 Å². The molecular weight excluding hydrogens is 386 g/mol. The summed E-state index contributed by atoms with van der Waals surface area (Å²) in [5.74, 6) is 0. The third-order valence-corrected chi connectivity index (χ3v) is 7.76. The molecule has 0 radical (unpaired) electrons. The van der Waals surface area contributed by atoms with Gasteiger partial charge in [0.2, 0.25) is 10.0 Å². The maximum atomic E-state index is 12.8. The summed E-state index contributed by atoms with van der Waals surface area (Å²) in [6, 6.07) is 11.7. The Bertz CT molecular complexity index is 1120. The number of nitrogens with zero attached hydrogens (tertiary/aromatic N) is 3. The maximum Gasteiger partial charge on any atom is 0.243 e. The third kappa shape index (κ3) is 3.52. The Labute approximate surface area is 170 Å². The zero-order valence-electron chi connectivity index (χ0n) is 16.3. The SMILES string of the molecule is O=S(=O)(c1ccc(CN2CCCc3cc4[nH]cnc4cc32)cc1)N1CCNCC1. The number of anilines is 1. The topological polar surface area (TPSA) is 81.3 Å². The number of aryl methyl sites for hydroxylation is 1. The lowest BCUT2D eigenvalue weighted by atomic mass is 10.00. The Morgan fingerprint density at radius 3 is 2.62 bits per heavy atom. The lowest BCUT2D eigenvalue weighted by molar-refractivity contribution is 0.360. The van der Waals surface area contributed by atoms with E-state index < -0.39 is 10.0 Å². The van der Waals surface area contributed by atoms with Crippen LogP contribution in [-0.4, -0.2) is 55.4 Å². The van der Waals surface area contributed by atoms with E-state index in [0.29, 0.717) is 31.1 Å². The van der Waals surface area contributed by atoms with Gasteiger partial charge in [-0.1, -0.05) is 12.1 Å². The normalized spacial score (nSPS) is 18.1. The number of piperazine rings is 1. The average Bonchev–Trinajstić information content (AvgIpc) is 3.21. The number of hydrogen-bond acceptors (Lipinski definition) is 5. The van der Waals surface area contributed by atoms with E-state index in [9.17, 15) is 8.42 Å². The Kier molecular flexibility index (Phi) is 4.77. The summed E-state index contributed by atoms with van der Waals surface area (Å²) in [7, 11) is -3.41. The van der Waals surface area contributed by atoms with Crippen molar-refractivity contribution in [2.24, 2.45) is 0 Å². The van der Waals surface area contributed by atoms with Crippen molar-refractivity contribution in [2.75, 3.05) is 37.6 Å². The van der Waals surface area contributed by atoms with Gasteiger partial charge < -0.3 is 15.2 Å². The Morgan fingerprint density at radius 2 is 1.83 bits per heavy atom. The molecule has 8 heteroatoms. The lowest BCUT2D eigenvalue weighted by Gasteiger charge is -2.31. The van der Waals surface area contributed by atoms with Crippen LogP contribution < -0.4 is 10.2 Å². The number of aromatic nitrogens is 2. The molecule has 0 bridgehead atoms. The first-order valence-electron chi connectivity index (χ1n) is 10.1. The molecule has 1 saturated heterocycles. The van der Waals surface area contributed by atoms with E-state index in [1.54, 1.807) is 22.8 Å². The van der Waals surface area contributed by atoms with Gasteiger partial charge >= 0.3 is 0 Å². The molecule has 1 fully saturated rings. The van der Waals surface area contributed by atoms with E-state index >= 15 is 0 Å². The number of fused-ring (bicyclic) bond motifs is 2. The Balaban J connectivity index is 1.37. The Morgan fingerprint density at radius 1 is 1.03 bits per heavy atom. The van der Waals surface area contributed by atoms with Gasteiger partial charge in [0.1, 0.15) is 0 Å². The van der Waals surface area contributed by atoms with Crippen LogP contribution in [0.4, 0.5) is 5.69 Å². The molecule has 3 heterocycles. The summed E-state index contributed by atoms with van der Waals surface area (Å²) in [6.45, 7) is 4.21. The molecule has 0 atom stereocenters. The van der Waals surface area contributed by atoms with Crippen LogP contribution in [0.2, 0.25) is 0 Å². The van der Waals surface area contributed by atoms with Gasteiger partial charge in [-0.3, -0.25) is 0 Å². The summed E-state index contributed by atoms with van der Waals surface area (Å²) in [5, 5.41) is 3.19. The van der Waals surface area contributed by atoms with Crippen molar-refractivity contribution in [3.63, 3.8) is 0 Å². The number of H-pyrrole nitrogens is 1. The lowest BCUT2D eigenvalue weighted by Crippen LogP contribution is -2.46. The highest BCUT2D eigenvalue weighted by Crippen LogP contribution is 2.31.